The summed E-state index contributed by atoms with van der Waals surface area (Å²) < 4.78 is 5.26. The summed E-state index contributed by atoms with van der Waals surface area (Å²) >= 11 is 3.74. The number of nitrogens with zero attached hydrogens (tertiary/aromatic N) is 1. The summed E-state index contributed by atoms with van der Waals surface area (Å²) in [6.07, 6.45) is 0. The van der Waals surface area contributed by atoms with Gasteiger partial charge in [-0.05, 0) is 76.0 Å². The number of rotatable bonds is 6. The number of benzene rings is 9. The molecule has 9 aromatic carbocycles. The second-order valence-electron chi connectivity index (χ2n) is 14.0. The van der Waals surface area contributed by atoms with Crippen molar-refractivity contribution in [2.45, 2.75) is 0 Å². The average molecular weight is 736 g/mol. The van der Waals surface area contributed by atoms with Gasteiger partial charge in [0.2, 0.25) is 0 Å². The molecular formula is C52H33NS2. The predicted molar refractivity (Wildman–Crippen MR) is 241 cm³/mol. The van der Waals surface area contributed by atoms with Crippen molar-refractivity contribution in [2.24, 2.45) is 0 Å². The zero-order valence-electron chi connectivity index (χ0n) is 29.8. The van der Waals surface area contributed by atoms with E-state index in [1.165, 1.54) is 84.5 Å². The fraction of sp³-hybridized carbons (Fsp3) is 0. The van der Waals surface area contributed by atoms with Crippen molar-refractivity contribution >= 4 is 90.9 Å². The molecule has 0 amide bonds. The molecule has 0 saturated carbocycles. The average Bonchev–Trinajstić information content (AvgIpc) is 3.82. The van der Waals surface area contributed by atoms with Crippen molar-refractivity contribution in [1.82, 2.24) is 0 Å². The molecule has 0 saturated heterocycles. The third-order valence-electron chi connectivity index (χ3n) is 10.9. The van der Waals surface area contributed by atoms with E-state index in [1.54, 1.807) is 0 Å². The van der Waals surface area contributed by atoms with Gasteiger partial charge in [0.1, 0.15) is 0 Å². The van der Waals surface area contributed by atoms with Crippen LogP contribution >= 0.6 is 22.7 Å². The van der Waals surface area contributed by atoms with Crippen LogP contribution in [0.25, 0.3) is 84.5 Å². The van der Waals surface area contributed by atoms with Crippen LogP contribution in [0.4, 0.5) is 17.1 Å². The van der Waals surface area contributed by atoms with Crippen LogP contribution in [-0.2, 0) is 0 Å². The lowest BCUT2D eigenvalue weighted by Crippen LogP contribution is -2.12. The van der Waals surface area contributed by atoms with E-state index in [2.05, 4.69) is 205 Å². The normalized spacial score (nSPS) is 11.6. The Labute approximate surface area is 327 Å². The van der Waals surface area contributed by atoms with Gasteiger partial charge >= 0.3 is 0 Å². The van der Waals surface area contributed by atoms with Gasteiger partial charge in [0, 0.05) is 62.7 Å². The van der Waals surface area contributed by atoms with Crippen LogP contribution < -0.4 is 4.90 Å². The van der Waals surface area contributed by atoms with Crippen LogP contribution in [0.3, 0.4) is 0 Å². The molecule has 0 aliphatic heterocycles. The number of hydrogen-bond acceptors (Lipinski definition) is 3. The summed E-state index contributed by atoms with van der Waals surface area (Å²) in [6.45, 7) is 0. The molecule has 3 heteroatoms. The standard InChI is InChI=1S/C52H33NS2/c1-2-18-38-34(14-1)15-12-23-39(38)40-19-3-7-26-47(40)53(37-17-11-16-35(32-37)36-30-31-51-46(33-36)43-22-6-9-28-49(43)54-51)48-27-8-4-20-41(48)44-24-13-25-45-42-21-5-10-29-50(42)55-52(44)45/h1-33H. The first kappa shape index (κ1) is 32.0. The summed E-state index contributed by atoms with van der Waals surface area (Å²) in [6, 6.07) is 73.5. The highest BCUT2D eigenvalue weighted by Gasteiger charge is 2.23. The Morgan fingerprint density at radius 3 is 1.65 bits per heavy atom. The molecule has 0 fully saturated rings. The molecule has 2 aromatic heterocycles. The van der Waals surface area contributed by atoms with Crippen LogP contribution in [0.2, 0.25) is 0 Å². The Hall–Kier alpha value is -6.52. The zero-order chi connectivity index (χ0) is 36.3. The summed E-state index contributed by atoms with van der Waals surface area (Å²) in [5.74, 6) is 0. The molecule has 0 aliphatic rings. The van der Waals surface area contributed by atoms with Crippen LogP contribution in [0, 0.1) is 0 Å². The Morgan fingerprint density at radius 2 is 0.836 bits per heavy atom. The Balaban J connectivity index is 1.16. The van der Waals surface area contributed by atoms with Crippen LogP contribution in [-0.4, -0.2) is 0 Å². The van der Waals surface area contributed by atoms with E-state index in [0.717, 1.165) is 17.1 Å². The van der Waals surface area contributed by atoms with Gasteiger partial charge in [-0.2, -0.15) is 0 Å². The highest BCUT2D eigenvalue weighted by molar-refractivity contribution is 7.26. The molecule has 1 nitrogen and oxygen atoms in total. The van der Waals surface area contributed by atoms with Crippen molar-refractivity contribution in [3.63, 3.8) is 0 Å². The largest absolute Gasteiger partial charge is 0.309 e. The quantitative estimate of drug-likeness (QED) is 0.164. The predicted octanol–water partition coefficient (Wildman–Crippen LogP) is 16.0. The van der Waals surface area contributed by atoms with Crippen molar-refractivity contribution in [1.29, 1.82) is 0 Å². The molecule has 0 bridgehead atoms. The highest BCUT2D eigenvalue weighted by Crippen LogP contribution is 2.49. The maximum atomic E-state index is 2.49. The molecule has 258 valence electrons. The summed E-state index contributed by atoms with van der Waals surface area (Å²) in [5.41, 5.74) is 10.6. The lowest BCUT2D eigenvalue weighted by molar-refractivity contribution is 1.29. The van der Waals surface area contributed by atoms with Crippen LogP contribution in [0.1, 0.15) is 0 Å². The van der Waals surface area contributed by atoms with Crippen molar-refractivity contribution < 1.29 is 0 Å². The minimum absolute atomic E-state index is 1.11. The van der Waals surface area contributed by atoms with Crippen molar-refractivity contribution in [3.8, 4) is 33.4 Å². The molecule has 0 atom stereocenters. The van der Waals surface area contributed by atoms with E-state index >= 15 is 0 Å². The van der Waals surface area contributed by atoms with Gasteiger partial charge in [-0.3, -0.25) is 0 Å². The number of fused-ring (bicyclic) bond motifs is 7. The number of hydrogen-bond donors (Lipinski definition) is 0. The second kappa shape index (κ2) is 13.1. The fourth-order valence-electron chi connectivity index (χ4n) is 8.35. The topological polar surface area (TPSA) is 3.24 Å². The minimum Gasteiger partial charge on any atom is -0.309 e. The monoisotopic (exact) mass is 735 g/mol. The first-order chi connectivity index (χ1) is 27.3. The molecule has 11 aromatic rings. The smallest absolute Gasteiger partial charge is 0.0540 e. The number of anilines is 3. The Morgan fingerprint density at radius 1 is 0.309 bits per heavy atom. The third kappa shape index (κ3) is 5.35. The highest BCUT2D eigenvalue weighted by atomic mass is 32.1. The maximum Gasteiger partial charge on any atom is 0.0540 e. The molecule has 2 heterocycles. The van der Waals surface area contributed by atoms with Gasteiger partial charge in [-0.25, -0.2) is 0 Å². The molecule has 0 aliphatic carbocycles. The summed E-state index contributed by atoms with van der Waals surface area (Å²) in [7, 11) is 0. The van der Waals surface area contributed by atoms with Crippen molar-refractivity contribution in [2.75, 3.05) is 4.90 Å². The summed E-state index contributed by atoms with van der Waals surface area (Å²) in [4.78, 5) is 2.49. The molecule has 0 N–H and O–H groups in total. The molecule has 11 rings (SSSR count). The number of thiophene rings is 2. The molecule has 0 radical (unpaired) electrons. The lowest BCUT2D eigenvalue weighted by atomic mass is 9.94. The Bertz CT molecular complexity index is 3230. The second-order valence-corrected chi connectivity index (χ2v) is 16.2. The summed E-state index contributed by atoms with van der Waals surface area (Å²) in [5, 5.41) is 7.71. The van der Waals surface area contributed by atoms with E-state index in [4.69, 9.17) is 0 Å². The van der Waals surface area contributed by atoms with Gasteiger partial charge in [0.25, 0.3) is 0 Å². The lowest BCUT2D eigenvalue weighted by Gasteiger charge is -2.30. The van der Waals surface area contributed by atoms with Gasteiger partial charge in [-0.15, -0.1) is 22.7 Å². The van der Waals surface area contributed by atoms with E-state index in [1.807, 2.05) is 22.7 Å². The first-order valence-corrected chi connectivity index (χ1v) is 20.3. The maximum absolute atomic E-state index is 2.49. The molecule has 0 unspecified atom stereocenters. The van der Waals surface area contributed by atoms with Gasteiger partial charge in [0.15, 0.2) is 0 Å². The van der Waals surface area contributed by atoms with Crippen LogP contribution in [0.5, 0.6) is 0 Å². The third-order valence-corrected chi connectivity index (χ3v) is 13.3. The van der Waals surface area contributed by atoms with E-state index in [0.29, 0.717) is 0 Å². The van der Waals surface area contributed by atoms with E-state index in [-0.39, 0.29) is 0 Å². The van der Waals surface area contributed by atoms with Crippen molar-refractivity contribution in [3.05, 3.63) is 200 Å². The first-order valence-electron chi connectivity index (χ1n) is 18.7. The van der Waals surface area contributed by atoms with Gasteiger partial charge < -0.3 is 4.90 Å². The van der Waals surface area contributed by atoms with E-state index < -0.39 is 0 Å². The van der Waals surface area contributed by atoms with Gasteiger partial charge in [-0.1, -0.05) is 152 Å². The fourth-order valence-corrected chi connectivity index (χ4v) is 10.7. The van der Waals surface area contributed by atoms with Gasteiger partial charge in [0.05, 0.1) is 11.4 Å². The molecular weight excluding hydrogens is 703 g/mol. The Kier molecular flexibility index (Phi) is 7.61. The zero-order valence-corrected chi connectivity index (χ0v) is 31.4. The minimum atomic E-state index is 1.11. The molecule has 55 heavy (non-hydrogen) atoms. The van der Waals surface area contributed by atoms with E-state index in [9.17, 15) is 0 Å². The molecule has 0 spiro atoms. The number of para-hydroxylation sites is 2. The SMILES string of the molecule is c1cc(-c2ccc3sc4ccccc4c3c2)cc(N(c2ccccc2-c2cccc3ccccc23)c2ccccc2-c2cccc3c2sc2ccccc23)c1. The van der Waals surface area contributed by atoms with Crippen LogP contribution in [0.15, 0.2) is 200 Å².